The Balaban J connectivity index is 2.39. The molecule has 0 aliphatic heterocycles. The van der Waals surface area contributed by atoms with Gasteiger partial charge in [0.2, 0.25) is 0 Å². The first-order chi connectivity index (χ1) is 9.02. The van der Waals surface area contributed by atoms with Gasteiger partial charge in [-0.05, 0) is 42.5 Å². The number of imidazole rings is 1. The molecule has 0 fully saturated rings. The Morgan fingerprint density at radius 2 is 2.00 bits per heavy atom. The first-order valence-electron chi connectivity index (χ1n) is 7.18. The molecule has 0 aliphatic rings. The first-order valence-corrected chi connectivity index (χ1v) is 7.18. The SMILES string of the molecule is CC(C)Cc1nc2ccc(C(C)CCN)cc2n1C. The van der Waals surface area contributed by atoms with Gasteiger partial charge in [-0.1, -0.05) is 26.8 Å². The molecule has 104 valence electrons. The van der Waals surface area contributed by atoms with Crippen LogP contribution in [0.2, 0.25) is 0 Å². The predicted octanol–water partition coefficient (Wildman–Crippen LogP) is 3.22. The van der Waals surface area contributed by atoms with Gasteiger partial charge in [0.05, 0.1) is 11.0 Å². The highest BCUT2D eigenvalue weighted by atomic mass is 15.1. The molecule has 1 aromatic carbocycles. The number of nitrogens with zero attached hydrogens (tertiary/aromatic N) is 2. The summed E-state index contributed by atoms with van der Waals surface area (Å²) in [7, 11) is 2.12. The van der Waals surface area contributed by atoms with E-state index in [9.17, 15) is 0 Å². The summed E-state index contributed by atoms with van der Waals surface area (Å²) in [6, 6.07) is 6.60. The number of hydrogen-bond acceptors (Lipinski definition) is 2. The van der Waals surface area contributed by atoms with Crippen molar-refractivity contribution >= 4 is 11.0 Å². The molecule has 0 aliphatic carbocycles. The van der Waals surface area contributed by atoms with Crippen LogP contribution >= 0.6 is 0 Å². The van der Waals surface area contributed by atoms with Crippen LogP contribution in [-0.2, 0) is 13.5 Å². The molecule has 0 saturated carbocycles. The molecule has 3 heteroatoms. The third-order valence-electron chi connectivity index (χ3n) is 3.76. The summed E-state index contributed by atoms with van der Waals surface area (Å²) in [5.41, 5.74) is 9.34. The number of hydrogen-bond donors (Lipinski definition) is 1. The van der Waals surface area contributed by atoms with Gasteiger partial charge >= 0.3 is 0 Å². The van der Waals surface area contributed by atoms with Crippen LogP contribution in [0.25, 0.3) is 11.0 Å². The Labute approximate surface area is 115 Å². The summed E-state index contributed by atoms with van der Waals surface area (Å²) in [5.74, 6) is 2.32. The fourth-order valence-electron chi connectivity index (χ4n) is 2.53. The number of aryl methyl sites for hydroxylation is 1. The molecule has 1 unspecified atom stereocenters. The van der Waals surface area contributed by atoms with Crippen LogP contribution in [0.15, 0.2) is 18.2 Å². The maximum Gasteiger partial charge on any atom is 0.109 e. The van der Waals surface area contributed by atoms with E-state index < -0.39 is 0 Å². The fraction of sp³-hybridized carbons (Fsp3) is 0.562. The smallest absolute Gasteiger partial charge is 0.109 e. The predicted molar refractivity (Wildman–Crippen MR) is 81.3 cm³/mol. The van der Waals surface area contributed by atoms with Crippen LogP contribution < -0.4 is 5.73 Å². The molecule has 0 spiro atoms. The second kappa shape index (κ2) is 5.74. The molecule has 19 heavy (non-hydrogen) atoms. The van der Waals surface area contributed by atoms with Gasteiger partial charge in [0.15, 0.2) is 0 Å². The highest BCUT2D eigenvalue weighted by Crippen LogP contribution is 2.24. The van der Waals surface area contributed by atoms with Crippen LogP contribution in [0, 0.1) is 5.92 Å². The fourth-order valence-corrected chi connectivity index (χ4v) is 2.53. The molecule has 1 atom stereocenters. The van der Waals surface area contributed by atoms with Gasteiger partial charge in [0.25, 0.3) is 0 Å². The van der Waals surface area contributed by atoms with Crippen molar-refractivity contribution < 1.29 is 0 Å². The summed E-state index contributed by atoms with van der Waals surface area (Å²) in [5, 5.41) is 0. The minimum absolute atomic E-state index is 0.512. The molecular formula is C16H25N3. The molecular weight excluding hydrogens is 234 g/mol. The van der Waals surface area contributed by atoms with Crippen molar-refractivity contribution in [1.29, 1.82) is 0 Å². The summed E-state index contributed by atoms with van der Waals surface area (Å²) in [6.07, 6.45) is 2.06. The maximum absolute atomic E-state index is 5.65. The molecule has 0 radical (unpaired) electrons. The zero-order chi connectivity index (χ0) is 14.0. The van der Waals surface area contributed by atoms with E-state index in [2.05, 4.69) is 50.6 Å². The zero-order valence-corrected chi connectivity index (χ0v) is 12.5. The van der Waals surface area contributed by atoms with E-state index in [4.69, 9.17) is 10.7 Å². The lowest BCUT2D eigenvalue weighted by Crippen LogP contribution is -2.05. The van der Waals surface area contributed by atoms with E-state index >= 15 is 0 Å². The van der Waals surface area contributed by atoms with Gasteiger partial charge in [-0.3, -0.25) is 0 Å². The van der Waals surface area contributed by atoms with Crippen molar-refractivity contribution in [3.63, 3.8) is 0 Å². The molecule has 2 rings (SSSR count). The lowest BCUT2D eigenvalue weighted by atomic mass is 9.97. The summed E-state index contributed by atoms with van der Waals surface area (Å²) >= 11 is 0. The Bertz CT molecular complexity index is 554. The third-order valence-corrected chi connectivity index (χ3v) is 3.76. The summed E-state index contributed by atoms with van der Waals surface area (Å²) < 4.78 is 2.23. The largest absolute Gasteiger partial charge is 0.331 e. The summed E-state index contributed by atoms with van der Waals surface area (Å²) in [4.78, 5) is 4.74. The van der Waals surface area contributed by atoms with Gasteiger partial charge in [-0.2, -0.15) is 0 Å². The van der Waals surface area contributed by atoms with Crippen LogP contribution in [-0.4, -0.2) is 16.1 Å². The van der Waals surface area contributed by atoms with Gasteiger partial charge in [-0.25, -0.2) is 4.98 Å². The Kier molecular flexibility index (Phi) is 4.25. The Morgan fingerprint density at radius 3 is 2.63 bits per heavy atom. The molecule has 2 aromatic rings. The molecule has 3 nitrogen and oxygen atoms in total. The summed E-state index contributed by atoms with van der Waals surface area (Å²) in [6.45, 7) is 7.44. The van der Waals surface area contributed by atoms with E-state index in [-0.39, 0.29) is 0 Å². The van der Waals surface area contributed by atoms with Crippen molar-refractivity contribution in [3.05, 3.63) is 29.6 Å². The van der Waals surface area contributed by atoms with E-state index in [0.29, 0.717) is 11.8 Å². The Morgan fingerprint density at radius 1 is 1.26 bits per heavy atom. The van der Waals surface area contributed by atoms with Crippen LogP contribution in [0.5, 0.6) is 0 Å². The van der Waals surface area contributed by atoms with Crippen molar-refractivity contribution in [3.8, 4) is 0 Å². The highest BCUT2D eigenvalue weighted by Gasteiger charge is 2.11. The standard InChI is InChI=1S/C16H25N3/c1-11(2)9-16-18-14-6-5-13(12(3)7-8-17)10-15(14)19(16)4/h5-6,10-12H,7-9,17H2,1-4H3. The van der Waals surface area contributed by atoms with Crippen LogP contribution in [0.1, 0.15) is 44.5 Å². The van der Waals surface area contributed by atoms with Crippen molar-refractivity contribution in [2.24, 2.45) is 18.7 Å². The number of benzene rings is 1. The van der Waals surface area contributed by atoms with Gasteiger partial charge in [-0.15, -0.1) is 0 Å². The zero-order valence-electron chi connectivity index (χ0n) is 12.5. The molecule has 1 heterocycles. The minimum Gasteiger partial charge on any atom is -0.331 e. The average molecular weight is 259 g/mol. The molecule has 2 N–H and O–H groups in total. The van der Waals surface area contributed by atoms with E-state index in [1.165, 1.54) is 16.9 Å². The highest BCUT2D eigenvalue weighted by molar-refractivity contribution is 5.77. The number of rotatable bonds is 5. The van der Waals surface area contributed by atoms with Crippen LogP contribution in [0.4, 0.5) is 0 Å². The molecule has 0 amide bonds. The van der Waals surface area contributed by atoms with Gasteiger partial charge < -0.3 is 10.3 Å². The minimum atomic E-state index is 0.512. The average Bonchev–Trinajstić information content (AvgIpc) is 2.65. The topological polar surface area (TPSA) is 43.8 Å². The number of fused-ring (bicyclic) bond motifs is 1. The molecule has 0 saturated heterocycles. The third kappa shape index (κ3) is 2.98. The van der Waals surface area contributed by atoms with E-state index in [0.717, 1.165) is 24.9 Å². The Hall–Kier alpha value is -1.35. The second-order valence-electron chi connectivity index (χ2n) is 5.91. The quantitative estimate of drug-likeness (QED) is 0.896. The lowest BCUT2D eigenvalue weighted by molar-refractivity contribution is 0.606. The van der Waals surface area contributed by atoms with Crippen LogP contribution in [0.3, 0.4) is 0 Å². The molecule has 0 bridgehead atoms. The normalized spacial score (nSPS) is 13.4. The monoisotopic (exact) mass is 259 g/mol. The van der Waals surface area contributed by atoms with Crippen molar-refractivity contribution in [2.45, 2.75) is 39.5 Å². The van der Waals surface area contributed by atoms with Crippen molar-refractivity contribution in [1.82, 2.24) is 9.55 Å². The van der Waals surface area contributed by atoms with Gasteiger partial charge in [0.1, 0.15) is 5.82 Å². The maximum atomic E-state index is 5.65. The lowest BCUT2D eigenvalue weighted by Gasteiger charge is -2.10. The second-order valence-corrected chi connectivity index (χ2v) is 5.91. The van der Waals surface area contributed by atoms with Gasteiger partial charge in [0, 0.05) is 13.5 Å². The molecule has 1 aromatic heterocycles. The first kappa shape index (κ1) is 14.1. The van der Waals surface area contributed by atoms with E-state index in [1.807, 2.05) is 0 Å². The van der Waals surface area contributed by atoms with Crippen molar-refractivity contribution in [2.75, 3.05) is 6.54 Å². The number of nitrogens with two attached hydrogens (primary N) is 1. The number of aromatic nitrogens is 2. The van der Waals surface area contributed by atoms with E-state index in [1.54, 1.807) is 0 Å².